The van der Waals surface area contributed by atoms with Gasteiger partial charge in [-0.1, -0.05) is 35.4 Å². The van der Waals surface area contributed by atoms with Gasteiger partial charge in [-0.2, -0.15) is 17.9 Å². The van der Waals surface area contributed by atoms with Crippen LogP contribution < -0.4 is 5.11 Å². The molecule has 0 aliphatic carbocycles. The summed E-state index contributed by atoms with van der Waals surface area (Å²) in [5.74, 6) is -5.49. The highest BCUT2D eigenvalue weighted by Crippen LogP contribution is 2.72. The zero-order valence-corrected chi connectivity index (χ0v) is 26.6. The molecule has 18 heteroatoms. The summed E-state index contributed by atoms with van der Waals surface area (Å²) in [5.41, 5.74) is -2.52. The number of nitrogens with zero attached hydrogens (tertiary/aromatic N) is 2. The molecule has 1 unspecified atom stereocenters. The van der Waals surface area contributed by atoms with Gasteiger partial charge in [0.1, 0.15) is 5.95 Å². The van der Waals surface area contributed by atoms with Crippen molar-refractivity contribution in [3.05, 3.63) is 70.9 Å². The van der Waals surface area contributed by atoms with Crippen LogP contribution in [0.25, 0.3) is 0 Å². The van der Waals surface area contributed by atoms with Crippen LogP contribution in [0.4, 0.5) is 4.79 Å². The smallest absolute Gasteiger partial charge is 0.449 e. The number of amides is 3. The summed E-state index contributed by atoms with van der Waals surface area (Å²) in [7, 11) is -10.8. The molecule has 1 atom stereocenters. The van der Waals surface area contributed by atoms with Gasteiger partial charge in [-0.05, 0) is 45.2 Å². The van der Waals surface area contributed by atoms with Gasteiger partial charge in [-0.15, -0.1) is 4.31 Å². The summed E-state index contributed by atoms with van der Waals surface area (Å²) < 4.78 is 80.9. The topological polar surface area (TPSA) is 195 Å². The number of hydrogen-bond donors (Lipinski definition) is 0. The Morgan fingerprint density at radius 2 is 1.16 bits per heavy atom. The molecule has 2 aromatic rings. The molecule has 3 rings (SSSR count). The molecule has 0 saturated carbocycles. The van der Waals surface area contributed by atoms with Crippen LogP contribution in [0.2, 0.25) is 0 Å². The summed E-state index contributed by atoms with van der Waals surface area (Å²) in [5, 5.41) is 12.2. The Bertz CT molecular complexity index is 1660. The summed E-state index contributed by atoms with van der Waals surface area (Å²) in [6, 6.07) is 7.59. The van der Waals surface area contributed by atoms with Gasteiger partial charge in [0.15, 0.2) is 0 Å². The van der Waals surface area contributed by atoms with Crippen molar-refractivity contribution < 1.29 is 59.4 Å². The molecule has 2 aromatic carbocycles. The Balaban J connectivity index is 2.61. The number of imide groups is 1. The fraction of sp³-hybridized carbons (Fsp3) is 0.320. The van der Waals surface area contributed by atoms with Crippen molar-refractivity contribution in [1.82, 2.24) is 8.61 Å². The summed E-state index contributed by atoms with van der Waals surface area (Å²) in [4.78, 5) is 41.2. The van der Waals surface area contributed by atoms with Gasteiger partial charge >= 0.3 is 25.5 Å². The van der Waals surface area contributed by atoms with Gasteiger partial charge < -0.3 is 14.6 Å². The van der Waals surface area contributed by atoms with Crippen LogP contribution in [-0.2, 0) is 52.7 Å². The van der Waals surface area contributed by atoms with E-state index in [9.17, 15) is 36.3 Å². The van der Waals surface area contributed by atoms with Gasteiger partial charge in [0, 0.05) is 0 Å². The number of esters is 1. The molecule has 0 spiro atoms. The molecule has 1 fully saturated rings. The maximum atomic E-state index is 14.5. The quantitative estimate of drug-likeness (QED) is 0.111. The van der Waals surface area contributed by atoms with Crippen molar-refractivity contribution in [3.8, 4) is 0 Å². The van der Waals surface area contributed by atoms with E-state index >= 15 is 0 Å². The summed E-state index contributed by atoms with van der Waals surface area (Å²) in [6.45, 7) is 3.27. The number of urea groups is 1. The van der Waals surface area contributed by atoms with Crippen molar-refractivity contribution in [1.29, 1.82) is 0 Å². The third-order valence-electron chi connectivity index (χ3n) is 6.46. The highest BCUT2D eigenvalue weighted by molar-refractivity contribution is 7.91. The van der Waals surface area contributed by atoms with Crippen molar-refractivity contribution in [2.24, 2.45) is 0 Å². The Morgan fingerprint density at radius 1 is 0.744 bits per heavy atom. The average Bonchev–Trinajstić information content (AvgIpc) is 3.22. The van der Waals surface area contributed by atoms with Crippen LogP contribution in [0.15, 0.2) is 69.6 Å². The van der Waals surface area contributed by atoms with E-state index in [1.807, 2.05) is 0 Å². The van der Waals surface area contributed by atoms with Gasteiger partial charge in [0.25, 0.3) is 26.0 Å². The third kappa shape index (κ3) is 5.15. The minimum Gasteiger partial charge on any atom is -0.614 e. The van der Waals surface area contributed by atoms with E-state index < -0.39 is 76.8 Å². The van der Waals surface area contributed by atoms with Gasteiger partial charge in [0.2, 0.25) is 5.31 Å². The number of sulfonamides is 2. The number of aryl methyl sites for hydroxylation is 2. The maximum Gasteiger partial charge on any atom is 0.449 e. The molecule has 0 bridgehead atoms. The Hall–Kier alpha value is -3.60. The number of carbonyl (C=O) groups excluding carboxylic acids is 3. The monoisotopic (exact) mass is 660 g/mol. The fourth-order valence-corrected chi connectivity index (χ4v) is 9.36. The lowest BCUT2D eigenvalue weighted by Crippen LogP contribution is -2.61. The number of ether oxygens (including phenoxy) is 2. The Morgan fingerprint density at radius 3 is 1.53 bits per heavy atom. The molecule has 0 N–H and O–H groups in total. The van der Waals surface area contributed by atoms with E-state index in [1.54, 1.807) is 13.8 Å². The molecule has 15 nitrogen and oxygen atoms in total. The van der Waals surface area contributed by atoms with Gasteiger partial charge in [-0.25, -0.2) is 26.4 Å². The second kappa shape index (κ2) is 12.2. The predicted molar refractivity (Wildman–Crippen MR) is 148 cm³/mol. The fourth-order valence-electron chi connectivity index (χ4n) is 4.34. The van der Waals surface area contributed by atoms with Crippen LogP contribution in [0.3, 0.4) is 0 Å². The molecule has 234 valence electrons. The lowest BCUT2D eigenvalue weighted by Gasteiger charge is -2.35. The van der Waals surface area contributed by atoms with Crippen LogP contribution in [0, 0.1) is 13.8 Å². The normalized spacial score (nSPS) is 18.5. The van der Waals surface area contributed by atoms with Crippen LogP contribution in [0.5, 0.6) is 0 Å². The van der Waals surface area contributed by atoms with Crippen LogP contribution >= 0.6 is 7.94 Å². The third-order valence-corrected chi connectivity index (χ3v) is 12.4. The number of methoxy groups -OCH3 is 2. The van der Waals surface area contributed by atoms with E-state index in [-0.39, 0.29) is 4.31 Å². The lowest BCUT2D eigenvalue weighted by molar-refractivity contribution is -0.355. The molecule has 1 heterocycles. The van der Waals surface area contributed by atoms with Crippen molar-refractivity contribution in [2.75, 3.05) is 35.5 Å². The lowest BCUT2D eigenvalue weighted by atomic mass is 9.99. The second-order valence-electron chi connectivity index (χ2n) is 8.84. The van der Waals surface area contributed by atoms with Crippen molar-refractivity contribution >= 4 is 45.9 Å². The zero-order chi connectivity index (χ0) is 32.5. The molecule has 1 aliphatic rings. The van der Waals surface area contributed by atoms with Crippen LogP contribution in [0.1, 0.15) is 11.1 Å². The first kappa shape index (κ1) is 33.9. The molecule has 1 saturated heterocycles. The maximum absolute atomic E-state index is 14.5. The number of hydrogen-bond acceptors (Lipinski definition) is 13. The van der Waals surface area contributed by atoms with E-state index in [2.05, 4.69) is 0 Å². The molecule has 1 aliphatic heterocycles. The predicted octanol–water partition coefficient (Wildman–Crippen LogP) is 1.43. The molecule has 0 radical (unpaired) electrons. The minimum atomic E-state index is -5.38. The van der Waals surface area contributed by atoms with Gasteiger partial charge in [-0.3, -0.25) is 4.79 Å². The first-order valence-electron chi connectivity index (χ1n) is 12.0. The summed E-state index contributed by atoms with van der Waals surface area (Å²) >= 11 is 0. The molecular weight excluding hydrogens is 631 g/mol. The van der Waals surface area contributed by atoms with Crippen LogP contribution in [-0.4, -0.2) is 84.4 Å². The van der Waals surface area contributed by atoms with Crippen molar-refractivity contribution in [2.45, 2.75) is 29.2 Å². The zero-order valence-electron chi connectivity index (χ0n) is 24.1. The largest absolute Gasteiger partial charge is 0.614 e. The molecular formula is C25H29N2O13PS2. The number of rotatable bonds is 11. The number of carbonyl (C=O) groups is 3. The SMILES string of the molecule is COC(=O)C1(/C(=C(\[O-])OC)[P+](OC)(OC)OC)C(=O)N(S(=O)(=O)c2ccc(C)cc2)C(=O)N1S(=O)(=O)c1ccc(C)cc1. The summed E-state index contributed by atoms with van der Waals surface area (Å²) in [6.07, 6.45) is 0. The number of benzene rings is 2. The Kier molecular flexibility index (Phi) is 9.60. The van der Waals surface area contributed by atoms with E-state index in [0.29, 0.717) is 11.1 Å². The van der Waals surface area contributed by atoms with E-state index in [1.165, 1.54) is 24.3 Å². The molecule has 0 aromatic heterocycles. The molecule has 3 amide bonds. The van der Waals surface area contributed by atoms with E-state index in [0.717, 1.165) is 59.8 Å². The highest BCUT2D eigenvalue weighted by atomic mass is 32.2. The minimum absolute atomic E-state index is 0.345. The van der Waals surface area contributed by atoms with E-state index in [4.69, 9.17) is 23.0 Å². The second-order valence-corrected chi connectivity index (χ2v) is 15.0. The average molecular weight is 661 g/mol. The first-order chi connectivity index (χ1) is 20.1. The first-order valence-corrected chi connectivity index (χ1v) is 16.4. The van der Waals surface area contributed by atoms with Gasteiger partial charge in [0.05, 0.1) is 38.2 Å². The highest BCUT2D eigenvalue weighted by Gasteiger charge is 2.79. The Labute approximate surface area is 249 Å². The van der Waals surface area contributed by atoms with Crippen molar-refractivity contribution in [3.63, 3.8) is 0 Å². The molecule has 43 heavy (non-hydrogen) atoms. The standard InChI is InChI=1S/C25H29N2O13PS2/c1-16-8-12-18(13-9-16)42(32,33)26-22(29)25(23(30)37-4,20(21(28)36-3)41(38-5,39-6)40-7)27(24(26)31)43(34,35)19-14-10-17(2)11-15-19/h8-15H,1-7H3/b21-20-.